The van der Waals surface area contributed by atoms with Crippen LogP contribution in [-0.2, 0) is 6.54 Å². The first-order valence-electron chi connectivity index (χ1n) is 6.32. The van der Waals surface area contributed by atoms with Gasteiger partial charge in [-0.05, 0) is 29.8 Å². The molecule has 0 amide bonds. The summed E-state index contributed by atoms with van der Waals surface area (Å²) in [5.41, 5.74) is 0.209. The van der Waals surface area contributed by atoms with Gasteiger partial charge in [0, 0.05) is 9.50 Å². The van der Waals surface area contributed by atoms with Crippen molar-refractivity contribution in [3.8, 4) is 0 Å². The molecular formula is C15H9BrCl2N2O2. The zero-order valence-electron chi connectivity index (χ0n) is 11.1. The van der Waals surface area contributed by atoms with E-state index in [-0.39, 0.29) is 17.0 Å². The third-order valence-corrected chi connectivity index (χ3v) is 4.24. The van der Waals surface area contributed by atoms with Crippen molar-refractivity contribution in [2.24, 2.45) is 0 Å². The molecule has 1 heterocycles. The predicted octanol–water partition coefficient (Wildman–Crippen LogP) is 3.81. The highest BCUT2D eigenvalue weighted by Crippen LogP contribution is 2.23. The van der Waals surface area contributed by atoms with Gasteiger partial charge in [-0.25, -0.2) is 4.79 Å². The SMILES string of the molecule is O=c1[nH]c2cc(Cl)cc(Cl)c2c(=O)n1Cc1cccc(Br)c1. The van der Waals surface area contributed by atoms with Gasteiger partial charge < -0.3 is 4.98 Å². The Morgan fingerprint density at radius 3 is 2.64 bits per heavy atom. The normalized spacial score (nSPS) is 11.0. The molecule has 22 heavy (non-hydrogen) atoms. The van der Waals surface area contributed by atoms with Crippen molar-refractivity contribution in [3.05, 3.63) is 77.3 Å². The van der Waals surface area contributed by atoms with Gasteiger partial charge in [-0.2, -0.15) is 0 Å². The monoisotopic (exact) mass is 398 g/mol. The average Bonchev–Trinajstić information content (AvgIpc) is 2.42. The lowest BCUT2D eigenvalue weighted by Crippen LogP contribution is -2.35. The molecule has 3 aromatic rings. The van der Waals surface area contributed by atoms with E-state index in [0.717, 1.165) is 14.6 Å². The summed E-state index contributed by atoms with van der Waals surface area (Å²) >= 11 is 15.4. The molecule has 0 spiro atoms. The summed E-state index contributed by atoms with van der Waals surface area (Å²) in [6.45, 7) is 0.155. The van der Waals surface area contributed by atoms with Crippen LogP contribution in [0.25, 0.3) is 10.9 Å². The second kappa shape index (κ2) is 5.91. The lowest BCUT2D eigenvalue weighted by atomic mass is 10.2. The minimum Gasteiger partial charge on any atom is -0.307 e. The van der Waals surface area contributed by atoms with Gasteiger partial charge in [-0.3, -0.25) is 9.36 Å². The molecule has 0 fully saturated rings. The summed E-state index contributed by atoms with van der Waals surface area (Å²) in [5.74, 6) is 0. The fraction of sp³-hybridized carbons (Fsp3) is 0.0667. The third-order valence-electron chi connectivity index (χ3n) is 3.23. The quantitative estimate of drug-likeness (QED) is 0.712. The fourth-order valence-electron chi connectivity index (χ4n) is 2.26. The van der Waals surface area contributed by atoms with Gasteiger partial charge in [0.25, 0.3) is 5.56 Å². The minimum atomic E-state index is -0.504. The van der Waals surface area contributed by atoms with Gasteiger partial charge in [-0.15, -0.1) is 0 Å². The largest absolute Gasteiger partial charge is 0.329 e. The number of hydrogen-bond donors (Lipinski definition) is 1. The second-order valence-electron chi connectivity index (χ2n) is 4.76. The molecular weight excluding hydrogens is 391 g/mol. The number of benzene rings is 2. The Hall–Kier alpha value is -1.56. The Morgan fingerprint density at radius 1 is 1.14 bits per heavy atom. The molecule has 4 nitrogen and oxygen atoms in total. The van der Waals surface area contributed by atoms with E-state index >= 15 is 0 Å². The highest BCUT2D eigenvalue weighted by Gasteiger charge is 2.12. The lowest BCUT2D eigenvalue weighted by Gasteiger charge is -2.08. The maximum Gasteiger partial charge on any atom is 0.329 e. The van der Waals surface area contributed by atoms with Crippen LogP contribution in [0, 0.1) is 0 Å². The number of nitrogens with one attached hydrogen (secondary N) is 1. The van der Waals surface area contributed by atoms with E-state index in [0.29, 0.717) is 10.5 Å². The van der Waals surface area contributed by atoms with E-state index < -0.39 is 11.2 Å². The van der Waals surface area contributed by atoms with Gasteiger partial charge in [0.15, 0.2) is 0 Å². The minimum absolute atomic E-state index is 0.155. The van der Waals surface area contributed by atoms with Crippen molar-refractivity contribution in [1.82, 2.24) is 9.55 Å². The third kappa shape index (κ3) is 2.84. The topological polar surface area (TPSA) is 54.9 Å². The van der Waals surface area contributed by atoms with Gasteiger partial charge in [0.05, 0.1) is 22.5 Å². The van der Waals surface area contributed by atoms with Crippen molar-refractivity contribution in [2.75, 3.05) is 0 Å². The molecule has 0 atom stereocenters. The summed E-state index contributed by atoms with van der Waals surface area (Å²) in [5, 5.41) is 0.824. The Labute approximate surface area is 143 Å². The van der Waals surface area contributed by atoms with Crippen LogP contribution < -0.4 is 11.2 Å². The second-order valence-corrected chi connectivity index (χ2v) is 6.52. The van der Waals surface area contributed by atoms with Crippen molar-refractivity contribution < 1.29 is 0 Å². The van der Waals surface area contributed by atoms with Gasteiger partial charge in [0.2, 0.25) is 0 Å². The molecule has 1 aromatic heterocycles. The number of aromatic nitrogens is 2. The van der Waals surface area contributed by atoms with Crippen molar-refractivity contribution in [3.63, 3.8) is 0 Å². The molecule has 1 N–H and O–H groups in total. The van der Waals surface area contributed by atoms with Gasteiger partial charge in [-0.1, -0.05) is 51.3 Å². The van der Waals surface area contributed by atoms with Gasteiger partial charge in [0.1, 0.15) is 0 Å². The Kier molecular flexibility index (Phi) is 4.12. The first kappa shape index (κ1) is 15.3. The number of fused-ring (bicyclic) bond motifs is 1. The van der Waals surface area contributed by atoms with Crippen molar-refractivity contribution >= 4 is 50.0 Å². The number of aromatic amines is 1. The van der Waals surface area contributed by atoms with Crippen LogP contribution in [0.15, 0.2) is 50.5 Å². The zero-order valence-corrected chi connectivity index (χ0v) is 14.2. The van der Waals surface area contributed by atoms with Crippen LogP contribution in [0.4, 0.5) is 0 Å². The summed E-state index contributed by atoms with van der Waals surface area (Å²) in [6, 6.07) is 10.4. The van der Waals surface area contributed by atoms with Crippen LogP contribution in [0.3, 0.4) is 0 Å². The molecule has 0 aliphatic rings. The smallest absolute Gasteiger partial charge is 0.307 e. The molecule has 0 bridgehead atoms. The maximum absolute atomic E-state index is 12.6. The first-order chi connectivity index (χ1) is 10.5. The first-order valence-corrected chi connectivity index (χ1v) is 7.87. The van der Waals surface area contributed by atoms with Crippen LogP contribution in [0.2, 0.25) is 10.0 Å². The molecule has 2 aromatic carbocycles. The standard InChI is InChI=1S/C15H9BrCl2N2O2/c16-9-3-1-2-8(4-9)7-20-14(21)13-11(18)5-10(17)6-12(13)19-15(20)22/h1-6H,7H2,(H,19,22). The van der Waals surface area contributed by atoms with Crippen molar-refractivity contribution in [1.29, 1.82) is 0 Å². The van der Waals surface area contributed by atoms with E-state index in [1.54, 1.807) is 0 Å². The molecule has 0 aliphatic heterocycles. The van der Waals surface area contributed by atoms with Crippen LogP contribution in [-0.4, -0.2) is 9.55 Å². The molecule has 3 rings (SSSR count). The highest BCUT2D eigenvalue weighted by molar-refractivity contribution is 9.10. The molecule has 0 saturated carbocycles. The predicted molar refractivity (Wildman–Crippen MR) is 92.1 cm³/mol. The van der Waals surface area contributed by atoms with Crippen LogP contribution >= 0.6 is 39.1 Å². The van der Waals surface area contributed by atoms with Crippen molar-refractivity contribution in [2.45, 2.75) is 6.54 Å². The summed E-state index contributed by atoms with van der Waals surface area (Å²) < 4.78 is 1.99. The number of rotatable bonds is 2. The Bertz CT molecular complexity index is 995. The number of halogens is 3. The van der Waals surface area contributed by atoms with E-state index in [1.165, 1.54) is 12.1 Å². The van der Waals surface area contributed by atoms with Gasteiger partial charge >= 0.3 is 5.69 Å². The lowest BCUT2D eigenvalue weighted by molar-refractivity contribution is 0.711. The van der Waals surface area contributed by atoms with E-state index in [9.17, 15) is 9.59 Å². The molecule has 0 radical (unpaired) electrons. The maximum atomic E-state index is 12.6. The fourth-order valence-corrected chi connectivity index (χ4v) is 3.28. The summed E-state index contributed by atoms with van der Waals surface area (Å²) in [7, 11) is 0. The number of nitrogens with zero attached hydrogens (tertiary/aromatic N) is 1. The molecule has 0 unspecified atom stereocenters. The zero-order chi connectivity index (χ0) is 15.9. The summed E-state index contributed by atoms with van der Waals surface area (Å²) in [6.07, 6.45) is 0. The molecule has 7 heteroatoms. The Morgan fingerprint density at radius 2 is 1.91 bits per heavy atom. The molecule has 0 saturated heterocycles. The van der Waals surface area contributed by atoms with E-state index in [1.807, 2.05) is 24.3 Å². The van der Waals surface area contributed by atoms with Crippen LogP contribution in [0.1, 0.15) is 5.56 Å². The van der Waals surface area contributed by atoms with E-state index in [2.05, 4.69) is 20.9 Å². The summed E-state index contributed by atoms with van der Waals surface area (Å²) in [4.78, 5) is 27.4. The molecule has 0 aliphatic carbocycles. The molecule has 112 valence electrons. The van der Waals surface area contributed by atoms with Crippen LogP contribution in [0.5, 0.6) is 0 Å². The number of H-pyrrole nitrogens is 1. The highest BCUT2D eigenvalue weighted by atomic mass is 79.9. The Balaban J connectivity index is 2.23. The van der Waals surface area contributed by atoms with E-state index in [4.69, 9.17) is 23.2 Å². The number of hydrogen-bond acceptors (Lipinski definition) is 2. The average molecular weight is 400 g/mol.